The van der Waals surface area contributed by atoms with Gasteiger partial charge in [-0.15, -0.1) is 0 Å². The average Bonchev–Trinajstić information content (AvgIpc) is 2.33. The lowest BCUT2D eigenvalue weighted by molar-refractivity contribution is 0.0966. The van der Waals surface area contributed by atoms with Crippen LogP contribution in [0.15, 0.2) is 18.2 Å². The molecule has 0 aliphatic rings. The first-order chi connectivity index (χ1) is 8.08. The number of rotatable bonds is 6. The van der Waals surface area contributed by atoms with Crippen LogP contribution in [0.4, 0.5) is 4.39 Å². The third-order valence-electron chi connectivity index (χ3n) is 3.03. The number of carbonyl (C=O) groups is 1. The molecule has 0 atom stereocenters. The Morgan fingerprint density at radius 2 is 1.94 bits per heavy atom. The second-order valence-corrected chi connectivity index (χ2v) is 4.16. The first kappa shape index (κ1) is 13.8. The van der Waals surface area contributed by atoms with Crippen molar-refractivity contribution in [1.29, 1.82) is 0 Å². The number of hydrogen-bond donors (Lipinski definition) is 0. The molecule has 3 heteroatoms. The van der Waals surface area contributed by atoms with E-state index in [-0.39, 0.29) is 11.6 Å². The number of ketones is 1. The molecule has 0 aliphatic carbocycles. The van der Waals surface area contributed by atoms with Crippen molar-refractivity contribution in [2.75, 3.05) is 19.6 Å². The molecule has 0 saturated carbocycles. The van der Waals surface area contributed by atoms with Crippen LogP contribution in [-0.4, -0.2) is 30.3 Å². The second-order valence-electron chi connectivity index (χ2n) is 4.16. The van der Waals surface area contributed by atoms with Gasteiger partial charge in [-0.3, -0.25) is 4.79 Å². The highest BCUT2D eigenvalue weighted by Gasteiger charge is 2.09. The average molecular weight is 237 g/mol. The normalized spacial score (nSPS) is 10.9. The Morgan fingerprint density at radius 3 is 2.47 bits per heavy atom. The van der Waals surface area contributed by atoms with Crippen LogP contribution in [0.5, 0.6) is 0 Å². The lowest BCUT2D eigenvalue weighted by Crippen LogP contribution is -2.25. The van der Waals surface area contributed by atoms with Gasteiger partial charge in [-0.1, -0.05) is 13.8 Å². The molecule has 0 fully saturated rings. The summed E-state index contributed by atoms with van der Waals surface area (Å²) in [4.78, 5) is 14.1. The number of halogens is 1. The van der Waals surface area contributed by atoms with Crippen molar-refractivity contribution in [3.63, 3.8) is 0 Å². The van der Waals surface area contributed by atoms with E-state index in [1.807, 2.05) is 0 Å². The predicted molar refractivity (Wildman–Crippen MR) is 67.9 cm³/mol. The fraction of sp³-hybridized carbons (Fsp3) is 0.500. The van der Waals surface area contributed by atoms with Crippen molar-refractivity contribution in [2.45, 2.75) is 27.2 Å². The highest BCUT2D eigenvalue weighted by molar-refractivity contribution is 5.96. The molecule has 1 rings (SSSR count). The summed E-state index contributed by atoms with van der Waals surface area (Å²) in [5.41, 5.74) is 1.13. The Morgan fingerprint density at radius 1 is 1.29 bits per heavy atom. The maximum Gasteiger partial charge on any atom is 0.164 e. The Bertz CT molecular complexity index is 386. The van der Waals surface area contributed by atoms with Gasteiger partial charge in [0, 0.05) is 18.5 Å². The fourth-order valence-corrected chi connectivity index (χ4v) is 1.76. The molecule has 0 amide bonds. The predicted octanol–water partition coefficient (Wildman–Crippen LogP) is 3.05. The molecule has 0 aromatic heterocycles. The number of carbonyl (C=O) groups excluding carboxylic acids is 1. The molecule has 0 radical (unpaired) electrons. The van der Waals surface area contributed by atoms with E-state index in [9.17, 15) is 9.18 Å². The molecule has 0 unspecified atom stereocenters. The number of hydrogen-bond acceptors (Lipinski definition) is 2. The van der Waals surface area contributed by atoms with Gasteiger partial charge in [-0.05, 0) is 43.8 Å². The minimum Gasteiger partial charge on any atom is -0.303 e. The Balaban J connectivity index is 2.61. The van der Waals surface area contributed by atoms with Gasteiger partial charge in [0.2, 0.25) is 0 Å². The molecular formula is C14H20FNO. The van der Waals surface area contributed by atoms with E-state index in [1.165, 1.54) is 6.07 Å². The Labute approximate surface area is 102 Å². The van der Waals surface area contributed by atoms with Gasteiger partial charge in [-0.25, -0.2) is 4.39 Å². The summed E-state index contributed by atoms with van der Waals surface area (Å²) < 4.78 is 13.1. The number of nitrogens with zero attached hydrogens (tertiary/aromatic N) is 1. The monoisotopic (exact) mass is 237 g/mol. The summed E-state index contributed by atoms with van der Waals surface area (Å²) in [5, 5.41) is 0. The van der Waals surface area contributed by atoms with Crippen molar-refractivity contribution in [2.24, 2.45) is 0 Å². The molecule has 0 saturated heterocycles. The molecule has 0 N–H and O–H groups in total. The summed E-state index contributed by atoms with van der Waals surface area (Å²) in [6.45, 7) is 8.50. The van der Waals surface area contributed by atoms with Gasteiger partial charge in [0.05, 0.1) is 0 Å². The van der Waals surface area contributed by atoms with Crippen LogP contribution in [0, 0.1) is 12.7 Å². The lowest BCUT2D eigenvalue weighted by Gasteiger charge is -2.17. The Hall–Kier alpha value is -1.22. The Kier molecular flexibility index (Phi) is 5.29. The number of benzene rings is 1. The molecule has 0 spiro atoms. The number of aryl methyl sites for hydroxylation is 1. The molecule has 1 aromatic rings. The van der Waals surface area contributed by atoms with E-state index >= 15 is 0 Å². The SMILES string of the molecule is CCN(CC)CCC(=O)c1ccc(F)c(C)c1. The molecule has 1 aromatic carbocycles. The van der Waals surface area contributed by atoms with Gasteiger partial charge >= 0.3 is 0 Å². The minimum atomic E-state index is -0.259. The minimum absolute atomic E-state index is 0.0833. The topological polar surface area (TPSA) is 20.3 Å². The highest BCUT2D eigenvalue weighted by atomic mass is 19.1. The van der Waals surface area contributed by atoms with Gasteiger partial charge in [0.1, 0.15) is 5.82 Å². The van der Waals surface area contributed by atoms with Crippen LogP contribution in [0.3, 0.4) is 0 Å². The number of Topliss-reactive ketones (excluding diaryl/α,β-unsaturated/α-hetero) is 1. The van der Waals surface area contributed by atoms with Crippen molar-refractivity contribution in [1.82, 2.24) is 4.90 Å². The molecule has 2 nitrogen and oxygen atoms in total. The van der Waals surface area contributed by atoms with E-state index in [2.05, 4.69) is 18.7 Å². The van der Waals surface area contributed by atoms with E-state index in [4.69, 9.17) is 0 Å². The summed E-state index contributed by atoms with van der Waals surface area (Å²) in [6, 6.07) is 4.55. The summed E-state index contributed by atoms with van der Waals surface area (Å²) in [7, 11) is 0. The molecular weight excluding hydrogens is 217 g/mol. The molecule has 94 valence electrons. The quantitative estimate of drug-likeness (QED) is 0.709. The maximum atomic E-state index is 13.1. The van der Waals surface area contributed by atoms with E-state index < -0.39 is 0 Å². The smallest absolute Gasteiger partial charge is 0.164 e. The van der Waals surface area contributed by atoms with Crippen molar-refractivity contribution >= 4 is 5.78 Å². The van der Waals surface area contributed by atoms with Crippen molar-refractivity contribution in [3.8, 4) is 0 Å². The molecule has 17 heavy (non-hydrogen) atoms. The van der Waals surface area contributed by atoms with Crippen LogP contribution in [-0.2, 0) is 0 Å². The van der Waals surface area contributed by atoms with Crippen LogP contribution in [0.25, 0.3) is 0 Å². The van der Waals surface area contributed by atoms with Crippen LogP contribution in [0.1, 0.15) is 36.2 Å². The zero-order valence-corrected chi connectivity index (χ0v) is 10.8. The van der Waals surface area contributed by atoms with E-state index in [0.717, 1.165) is 19.6 Å². The third-order valence-corrected chi connectivity index (χ3v) is 3.03. The standard InChI is InChI=1S/C14H20FNO/c1-4-16(5-2)9-8-14(17)12-6-7-13(15)11(3)10-12/h6-7,10H,4-5,8-9H2,1-3H3. The fourth-order valence-electron chi connectivity index (χ4n) is 1.76. The highest BCUT2D eigenvalue weighted by Crippen LogP contribution is 2.11. The molecule has 0 aliphatic heterocycles. The molecule has 0 bridgehead atoms. The van der Waals surface area contributed by atoms with Crippen molar-refractivity contribution in [3.05, 3.63) is 35.1 Å². The van der Waals surface area contributed by atoms with Gasteiger partial charge < -0.3 is 4.90 Å². The van der Waals surface area contributed by atoms with Gasteiger partial charge in [0.25, 0.3) is 0 Å². The first-order valence-electron chi connectivity index (χ1n) is 6.10. The molecule has 0 heterocycles. The van der Waals surface area contributed by atoms with Crippen LogP contribution >= 0.6 is 0 Å². The third kappa shape index (κ3) is 3.93. The zero-order valence-electron chi connectivity index (χ0n) is 10.8. The first-order valence-corrected chi connectivity index (χ1v) is 6.10. The summed E-state index contributed by atoms with van der Waals surface area (Å²) in [5.74, 6) is -0.176. The van der Waals surface area contributed by atoms with E-state index in [0.29, 0.717) is 17.5 Å². The summed E-state index contributed by atoms with van der Waals surface area (Å²) in [6.07, 6.45) is 0.493. The second kappa shape index (κ2) is 6.50. The zero-order chi connectivity index (χ0) is 12.8. The van der Waals surface area contributed by atoms with Gasteiger partial charge in [0.15, 0.2) is 5.78 Å². The largest absolute Gasteiger partial charge is 0.303 e. The van der Waals surface area contributed by atoms with Crippen LogP contribution < -0.4 is 0 Å². The van der Waals surface area contributed by atoms with Gasteiger partial charge in [-0.2, -0.15) is 0 Å². The van der Waals surface area contributed by atoms with Crippen molar-refractivity contribution < 1.29 is 9.18 Å². The lowest BCUT2D eigenvalue weighted by atomic mass is 10.1. The summed E-state index contributed by atoms with van der Waals surface area (Å²) >= 11 is 0. The van der Waals surface area contributed by atoms with Crippen LogP contribution in [0.2, 0.25) is 0 Å². The maximum absolute atomic E-state index is 13.1. The van der Waals surface area contributed by atoms with E-state index in [1.54, 1.807) is 19.1 Å².